The first-order chi connectivity index (χ1) is 10.2. The van der Waals surface area contributed by atoms with Gasteiger partial charge in [0.25, 0.3) is 0 Å². The van der Waals surface area contributed by atoms with Gasteiger partial charge in [0.15, 0.2) is 0 Å². The lowest BCUT2D eigenvalue weighted by atomic mass is 10.1. The van der Waals surface area contributed by atoms with Gasteiger partial charge in [-0.2, -0.15) is 5.10 Å². The van der Waals surface area contributed by atoms with Crippen LogP contribution in [0.25, 0.3) is 0 Å². The number of rotatable bonds is 5. The van der Waals surface area contributed by atoms with Gasteiger partial charge in [-0.1, -0.05) is 13.8 Å². The summed E-state index contributed by atoms with van der Waals surface area (Å²) in [4.78, 5) is 24.3. The number of anilines is 1. The van der Waals surface area contributed by atoms with Crippen molar-refractivity contribution in [1.29, 1.82) is 0 Å². The number of hydrogen-bond acceptors (Lipinski definition) is 5. The summed E-state index contributed by atoms with van der Waals surface area (Å²) < 4.78 is 1.86. The molecule has 8 heteroatoms. The fourth-order valence-electron chi connectivity index (χ4n) is 1.67. The Morgan fingerprint density at radius 3 is 2.55 bits per heavy atom. The minimum Gasteiger partial charge on any atom is -0.356 e. The molecule has 0 bridgehead atoms. The Morgan fingerprint density at radius 1 is 1.41 bits per heavy atom. The lowest BCUT2D eigenvalue weighted by Crippen LogP contribution is -2.46. The predicted octanol–water partition coefficient (Wildman–Crippen LogP) is 1.71. The van der Waals surface area contributed by atoms with Crippen molar-refractivity contribution < 1.29 is 4.79 Å². The van der Waals surface area contributed by atoms with Crippen molar-refractivity contribution in [2.45, 2.75) is 53.0 Å². The molecule has 0 aromatic carbocycles. The Balaban J connectivity index is 3.00. The molecule has 1 aromatic heterocycles. The highest BCUT2D eigenvalue weighted by atomic mass is 16.2. The van der Waals surface area contributed by atoms with Crippen molar-refractivity contribution >= 4 is 18.2 Å². The number of carbonyl (C=O) groups is 1. The first-order valence-electron chi connectivity index (χ1n) is 7.41. The van der Waals surface area contributed by atoms with Gasteiger partial charge in [-0.05, 0) is 39.5 Å². The third-order valence-electron chi connectivity index (χ3n) is 2.73. The van der Waals surface area contributed by atoms with E-state index in [-0.39, 0.29) is 5.95 Å². The number of nitrogens with zero attached hydrogens (tertiary/aromatic N) is 4. The number of aromatic nitrogens is 3. The molecule has 0 saturated heterocycles. The lowest BCUT2D eigenvalue weighted by molar-refractivity contribution is 0.229. The molecule has 1 amide bonds. The monoisotopic (exact) mass is 310 g/mol. The Kier molecular flexibility index (Phi) is 5.90. The average Bonchev–Trinajstić information content (AvgIpc) is 2.69. The van der Waals surface area contributed by atoms with E-state index in [0.717, 1.165) is 22.2 Å². The summed E-state index contributed by atoms with van der Waals surface area (Å²) in [5, 5.41) is 13.5. The smallest absolute Gasteiger partial charge is 0.356 e. The average molecular weight is 310 g/mol. The van der Waals surface area contributed by atoms with Crippen LogP contribution in [0, 0.1) is 5.92 Å². The van der Waals surface area contributed by atoms with Crippen LogP contribution in [-0.2, 0) is 0 Å². The highest BCUT2D eigenvalue weighted by Crippen LogP contribution is 2.03. The largest absolute Gasteiger partial charge is 0.377 e. The summed E-state index contributed by atoms with van der Waals surface area (Å²) in [6.45, 7) is 9.73. The molecule has 0 fully saturated rings. The van der Waals surface area contributed by atoms with E-state index in [4.69, 9.17) is 0 Å². The molecular formula is C14H26N6O2. The number of nitrogens with one attached hydrogen (secondary N) is 2. The number of carbonyl (C=O) groups excluding carboxylic acids is 1. The summed E-state index contributed by atoms with van der Waals surface area (Å²) in [5.74, 6) is 0.780. The van der Waals surface area contributed by atoms with Crippen LogP contribution in [0.3, 0.4) is 0 Å². The highest BCUT2D eigenvalue weighted by Gasteiger charge is 2.21. The zero-order chi connectivity index (χ0) is 16.9. The maximum absolute atomic E-state index is 12.3. The van der Waals surface area contributed by atoms with E-state index in [1.807, 2.05) is 20.8 Å². The molecule has 2 N–H and O–H groups in total. The summed E-state index contributed by atoms with van der Waals surface area (Å²) >= 11 is 0. The van der Waals surface area contributed by atoms with E-state index in [2.05, 4.69) is 34.7 Å². The Labute approximate surface area is 130 Å². The normalized spacial score (nSPS) is 12.1. The molecule has 124 valence electrons. The first kappa shape index (κ1) is 17.9. The van der Waals surface area contributed by atoms with Crippen molar-refractivity contribution in [3.05, 3.63) is 10.5 Å². The zero-order valence-electron chi connectivity index (χ0n) is 14.2. The van der Waals surface area contributed by atoms with Crippen molar-refractivity contribution in [3.63, 3.8) is 0 Å². The zero-order valence-corrected chi connectivity index (χ0v) is 14.2. The molecule has 0 spiro atoms. The van der Waals surface area contributed by atoms with Crippen LogP contribution in [0.4, 0.5) is 10.7 Å². The van der Waals surface area contributed by atoms with E-state index in [1.165, 1.54) is 0 Å². The predicted molar refractivity (Wildman–Crippen MR) is 87.7 cm³/mol. The standard InChI is InChI=1S/C14H26N6O2/c1-10(2)8-7-9-16-19-11(15-6)18-20(13(19)22)12(21)17-14(3,4)5/h9-10H,7-8H2,1-6H3,(H,15,18)(H,17,21). The quantitative estimate of drug-likeness (QED) is 0.810. The van der Waals surface area contributed by atoms with E-state index in [0.29, 0.717) is 5.92 Å². The first-order valence-corrected chi connectivity index (χ1v) is 7.41. The van der Waals surface area contributed by atoms with Gasteiger partial charge in [-0.3, -0.25) is 0 Å². The summed E-state index contributed by atoms with van der Waals surface area (Å²) in [6, 6.07) is -0.579. The Bertz CT molecular complexity index is 591. The second-order valence-corrected chi connectivity index (χ2v) is 6.53. The van der Waals surface area contributed by atoms with Crippen LogP contribution < -0.4 is 16.3 Å². The molecule has 0 aliphatic rings. The molecule has 0 radical (unpaired) electrons. The van der Waals surface area contributed by atoms with E-state index >= 15 is 0 Å². The van der Waals surface area contributed by atoms with Gasteiger partial charge in [-0.15, -0.1) is 14.5 Å². The SMILES string of the molecule is CNc1nn(C(=O)NC(C)(C)C)c(=O)n1N=CCCC(C)C. The number of amides is 1. The van der Waals surface area contributed by atoms with Crippen molar-refractivity contribution in [1.82, 2.24) is 19.8 Å². The molecule has 1 heterocycles. The highest BCUT2D eigenvalue weighted by molar-refractivity contribution is 5.76. The van der Waals surface area contributed by atoms with Gasteiger partial charge >= 0.3 is 11.7 Å². The van der Waals surface area contributed by atoms with Gasteiger partial charge in [0.05, 0.1) is 0 Å². The molecule has 0 saturated carbocycles. The van der Waals surface area contributed by atoms with E-state index < -0.39 is 17.3 Å². The third-order valence-corrected chi connectivity index (χ3v) is 2.73. The molecule has 0 unspecified atom stereocenters. The van der Waals surface area contributed by atoms with Crippen LogP contribution >= 0.6 is 0 Å². The fourth-order valence-corrected chi connectivity index (χ4v) is 1.67. The van der Waals surface area contributed by atoms with Crippen LogP contribution in [0.15, 0.2) is 9.90 Å². The Morgan fingerprint density at radius 2 is 2.05 bits per heavy atom. The van der Waals surface area contributed by atoms with Gasteiger partial charge < -0.3 is 10.6 Å². The molecule has 1 aromatic rings. The maximum atomic E-state index is 12.3. The lowest BCUT2D eigenvalue weighted by Gasteiger charge is -2.19. The van der Waals surface area contributed by atoms with Crippen LogP contribution in [0.5, 0.6) is 0 Å². The summed E-state index contributed by atoms with van der Waals surface area (Å²) in [6.07, 6.45) is 3.40. The second kappa shape index (κ2) is 7.24. The van der Waals surface area contributed by atoms with Crippen molar-refractivity contribution in [2.24, 2.45) is 11.0 Å². The van der Waals surface area contributed by atoms with E-state index in [1.54, 1.807) is 13.3 Å². The van der Waals surface area contributed by atoms with Crippen LogP contribution in [0.1, 0.15) is 47.5 Å². The molecule has 0 aliphatic heterocycles. The minimum atomic E-state index is -0.605. The van der Waals surface area contributed by atoms with Gasteiger partial charge in [0.2, 0.25) is 5.95 Å². The van der Waals surface area contributed by atoms with E-state index in [9.17, 15) is 9.59 Å². The van der Waals surface area contributed by atoms with Crippen LogP contribution in [-0.4, -0.2) is 39.3 Å². The molecule has 22 heavy (non-hydrogen) atoms. The Hall–Kier alpha value is -2.12. The second-order valence-electron chi connectivity index (χ2n) is 6.53. The molecule has 1 rings (SSSR count). The van der Waals surface area contributed by atoms with Gasteiger partial charge in [0, 0.05) is 18.8 Å². The van der Waals surface area contributed by atoms with Crippen LogP contribution in [0.2, 0.25) is 0 Å². The molecule has 0 aliphatic carbocycles. The number of hydrogen-bond donors (Lipinski definition) is 2. The molecule has 8 nitrogen and oxygen atoms in total. The van der Waals surface area contributed by atoms with Crippen molar-refractivity contribution in [3.8, 4) is 0 Å². The summed E-state index contributed by atoms with van der Waals surface area (Å²) in [7, 11) is 1.62. The van der Waals surface area contributed by atoms with Gasteiger partial charge in [0.1, 0.15) is 0 Å². The molecule has 0 atom stereocenters. The molecular weight excluding hydrogens is 284 g/mol. The van der Waals surface area contributed by atoms with Crippen molar-refractivity contribution in [2.75, 3.05) is 12.4 Å². The minimum absolute atomic E-state index is 0.217. The topological polar surface area (TPSA) is 93.3 Å². The fraction of sp³-hybridized carbons (Fsp3) is 0.714. The third kappa shape index (κ3) is 5.01. The maximum Gasteiger partial charge on any atom is 0.377 e. The van der Waals surface area contributed by atoms with Gasteiger partial charge in [-0.25, -0.2) is 9.59 Å². The summed E-state index contributed by atoms with van der Waals surface area (Å²) in [5.41, 5.74) is -1.06.